The Balaban J connectivity index is 1.84. The lowest BCUT2D eigenvalue weighted by Crippen LogP contribution is -2.30. The molecule has 2 rings (SSSR count). The predicted molar refractivity (Wildman–Crippen MR) is 98.3 cm³/mol. The van der Waals surface area contributed by atoms with Crippen LogP contribution in [0.3, 0.4) is 0 Å². The van der Waals surface area contributed by atoms with E-state index in [4.69, 9.17) is 0 Å². The van der Waals surface area contributed by atoms with Gasteiger partial charge in [-0.3, -0.25) is 9.78 Å². The topological polar surface area (TPSA) is 74.3 Å². The largest absolute Gasteiger partial charge is 0.342 e. The molecule has 0 aliphatic rings. The summed E-state index contributed by atoms with van der Waals surface area (Å²) in [5.41, 5.74) is 3.95. The molecule has 6 heteroatoms. The second kappa shape index (κ2) is 8.82. The number of aryl methyl sites for hydroxylation is 1. The van der Waals surface area contributed by atoms with Crippen LogP contribution in [0.15, 0.2) is 42.7 Å². The van der Waals surface area contributed by atoms with Gasteiger partial charge in [0, 0.05) is 45.1 Å². The number of rotatable bonds is 6. The van der Waals surface area contributed by atoms with Crippen LogP contribution in [0.5, 0.6) is 0 Å². The Kier molecular flexibility index (Phi) is 6.51. The number of carbonyl (C=O) groups excluding carboxylic acids is 2. The maximum atomic E-state index is 12.0. The third-order valence-electron chi connectivity index (χ3n) is 3.96. The van der Waals surface area contributed by atoms with Crippen molar-refractivity contribution in [3.05, 3.63) is 59.4 Å². The molecule has 3 amide bonds. The van der Waals surface area contributed by atoms with Crippen molar-refractivity contribution in [2.75, 3.05) is 18.9 Å². The number of hydrogen-bond acceptors (Lipinski definition) is 3. The van der Waals surface area contributed by atoms with Gasteiger partial charge in [-0.2, -0.15) is 0 Å². The monoisotopic (exact) mass is 340 g/mol. The number of urea groups is 1. The molecule has 1 heterocycles. The van der Waals surface area contributed by atoms with Gasteiger partial charge in [-0.05, 0) is 48.2 Å². The minimum absolute atomic E-state index is 0.00232. The lowest BCUT2D eigenvalue weighted by Gasteiger charge is -2.15. The average molecular weight is 340 g/mol. The van der Waals surface area contributed by atoms with Gasteiger partial charge >= 0.3 is 6.03 Å². The number of nitrogens with one attached hydrogen (secondary N) is 2. The van der Waals surface area contributed by atoms with Crippen molar-refractivity contribution in [1.29, 1.82) is 0 Å². The highest BCUT2D eigenvalue weighted by Crippen LogP contribution is 2.12. The number of hydrogen-bond donors (Lipinski definition) is 2. The van der Waals surface area contributed by atoms with E-state index in [-0.39, 0.29) is 11.9 Å². The normalized spacial score (nSPS) is 10.2. The van der Waals surface area contributed by atoms with E-state index in [1.807, 2.05) is 43.5 Å². The van der Waals surface area contributed by atoms with Crippen molar-refractivity contribution in [3.63, 3.8) is 0 Å². The van der Waals surface area contributed by atoms with Crippen LogP contribution in [0.4, 0.5) is 10.5 Å². The van der Waals surface area contributed by atoms with E-state index in [0.29, 0.717) is 18.8 Å². The van der Waals surface area contributed by atoms with Gasteiger partial charge < -0.3 is 15.5 Å². The molecular formula is C19H24N4O2. The summed E-state index contributed by atoms with van der Waals surface area (Å²) in [7, 11) is 1.75. The molecule has 1 aromatic carbocycles. The third kappa shape index (κ3) is 5.91. The predicted octanol–water partition coefficient (Wildman–Crippen LogP) is 2.73. The summed E-state index contributed by atoms with van der Waals surface area (Å²) in [6.07, 6.45) is 4.33. The quantitative estimate of drug-likeness (QED) is 0.849. The van der Waals surface area contributed by atoms with Crippen molar-refractivity contribution in [2.24, 2.45) is 0 Å². The summed E-state index contributed by atoms with van der Waals surface area (Å²) in [5, 5.41) is 5.67. The van der Waals surface area contributed by atoms with Crippen molar-refractivity contribution in [2.45, 2.75) is 26.8 Å². The van der Waals surface area contributed by atoms with Gasteiger partial charge in [0.1, 0.15) is 0 Å². The molecule has 0 radical (unpaired) electrons. The second-order valence-corrected chi connectivity index (χ2v) is 6.01. The second-order valence-electron chi connectivity index (χ2n) is 6.01. The summed E-state index contributed by atoms with van der Waals surface area (Å²) in [6, 6.07) is 9.19. The molecule has 132 valence electrons. The Bertz CT molecular complexity index is 746. The first-order valence-electron chi connectivity index (χ1n) is 8.20. The van der Waals surface area contributed by atoms with Crippen molar-refractivity contribution < 1.29 is 9.59 Å². The fourth-order valence-corrected chi connectivity index (χ4v) is 2.40. The van der Waals surface area contributed by atoms with Crippen LogP contribution >= 0.6 is 0 Å². The standard InChI is InChI=1S/C19H24N4O2/c1-14-12-20-9-7-17(14)8-10-21-19(25)22-18-6-4-5-16(11-18)13-23(3)15(2)24/h4-7,9,11-12H,8,10,13H2,1-3H3,(H2,21,22,25). The molecular weight excluding hydrogens is 316 g/mol. The zero-order valence-electron chi connectivity index (χ0n) is 14.9. The van der Waals surface area contributed by atoms with Crippen molar-refractivity contribution in [3.8, 4) is 0 Å². The maximum absolute atomic E-state index is 12.0. The molecule has 25 heavy (non-hydrogen) atoms. The molecule has 0 fully saturated rings. The molecule has 2 aromatic rings. The average Bonchev–Trinajstić information content (AvgIpc) is 2.57. The fraction of sp³-hybridized carbons (Fsp3) is 0.316. The van der Waals surface area contributed by atoms with E-state index in [9.17, 15) is 9.59 Å². The van der Waals surface area contributed by atoms with E-state index in [1.54, 1.807) is 18.1 Å². The molecule has 0 aliphatic heterocycles. The van der Waals surface area contributed by atoms with E-state index < -0.39 is 0 Å². The summed E-state index contributed by atoms with van der Waals surface area (Å²) in [5.74, 6) is 0.00232. The van der Waals surface area contributed by atoms with E-state index in [0.717, 1.165) is 17.5 Å². The van der Waals surface area contributed by atoms with Gasteiger partial charge in [-0.25, -0.2) is 4.79 Å². The molecule has 0 aliphatic carbocycles. The van der Waals surface area contributed by atoms with E-state index in [1.165, 1.54) is 12.5 Å². The van der Waals surface area contributed by atoms with Gasteiger partial charge in [0.25, 0.3) is 0 Å². The first-order chi connectivity index (χ1) is 12.0. The van der Waals surface area contributed by atoms with Crippen LogP contribution in [0.1, 0.15) is 23.6 Å². The van der Waals surface area contributed by atoms with Crippen LogP contribution in [0, 0.1) is 6.92 Å². The lowest BCUT2D eigenvalue weighted by atomic mass is 10.1. The van der Waals surface area contributed by atoms with Crippen LogP contribution in [0.25, 0.3) is 0 Å². The van der Waals surface area contributed by atoms with E-state index >= 15 is 0 Å². The number of benzene rings is 1. The summed E-state index contributed by atoms with van der Waals surface area (Å²) < 4.78 is 0. The van der Waals surface area contributed by atoms with Crippen LogP contribution in [0.2, 0.25) is 0 Å². The molecule has 0 bridgehead atoms. The van der Waals surface area contributed by atoms with Gasteiger partial charge in [-0.1, -0.05) is 12.1 Å². The number of pyridine rings is 1. The van der Waals surface area contributed by atoms with Crippen LogP contribution in [-0.4, -0.2) is 35.4 Å². The first-order valence-corrected chi connectivity index (χ1v) is 8.20. The molecule has 0 saturated carbocycles. The highest BCUT2D eigenvalue weighted by molar-refractivity contribution is 5.89. The molecule has 2 N–H and O–H groups in total. The number of carbonyl (C=O) groups is 2. The zero-order valence-corrected chi connectivity index (χ0v) is 14.9. The smallest absolute Gasteiger partial charge is 0.319 e. The minimum atomic E-state index is -0.246. The fourth-order valence-electron chi connectivity index (χ4n) is 2.40. The molecule has 0 spiro atoms. The third-order valence-corrected chi connectivity index (χ3v) is 3.96. The Morgan fingerprint density at radius 3 is 2.76 bits per heavy atom. The summed E-state index contributed by atoms with van der Waals surface area (Å²) in [6.45, 7) is 4.59. The Morgan fingerprint density at radius 1 is 1.24 bits per heavy atom. The number of nitrogens with zero attached hydrogens (tertiary/aromatic N) is 2. The number of amides is 3. The molecule has 1 aromatic heterocycles. The van der Waals surface area contributed by atoms with Gasteiger partial charge in [0.15, 0.2) is 0 Å². The van der Waals surface area contributed by atoms with Crippen molar-refractivity contribution >= 4 is 17.6 Å². The SMILES string of the molecule is CC(=O)N(C)Cc1cccc(NC(=O)NCCc2ccncc2C)c1. The lowest BCUT2D eigenvalue weighted by molar-refractivity contribution is -0.128. The molecule has 0 atom stereocenters. The zero-order chi connectivity index (χ0) is 18.2. The van der Waals surface area contributed by atoms with Gasteiger partial charge in [0.05, 0.1) is 0 Å². The summed E-state index contributed by atoms with van der Waals surface area (Å²) in [4.78, 5) is 29.0. The highest BCUT2D eigenvalue weighted by Gasteiger charge is 2.06. The van der Waals surface area contributed by atoms with Crippen molar-refractivity contribution in [1.82, 2.24) is 15.2 Å². The van der Waals surface area contributed by atoms with E-state index in [2.05, 4.69) is 15.6 Å². The minimum Gasteiger partial charge on any atom is -0.342 e. The number of anilines is 1. The van der Waals surface area contributed by atoms with Crippen LogP contribution in [-0.2, 0) is 17.8 Å². The van der Waals surface area contributed by atoms with Gasteiger partial charge in [-0.15, -0.1) is 0 Å². The maximum Gasteiger partial charge on any atom is 0.319 e. The Morgan fingerprint density at radius 2 is 2.04 bits per heavy atom. The molecule has 6 nitrogen and oxygen atoms in total. The summed E-state index contributed by atoms with van der Waals surface area (Å²) >= 11 is 0. The first kappa shape index (κ1) is 18.4. The number of aromatic nitrogens is 1. The molecule has 0 unspecified atom stereocenters. The molecule has 0 saturated heterocycles. The highest BCUT2D eigenvalue weighted by atomic mass is 16.2. The van der Waals surface area contributed by atoms with Gasteiger partial charge in [0.2, 0.25) is 5.91 Å². The van der Waals surface area contributed by atoms with Crippen LogP contribution < -0.4 is 10.6 Å². The Hall–Kier alpha value is -2.89. The Labute approximate surface area is 148 Å².